The maximum Gasteiger partial charge on any atom is 0.329 e. The number of anilines is 1. The normalized spacial score (nSPS) is 16.9. The molecular formula is C13H20N4O2. The van der Waals surface area contributed by atoms with Crippen LogP contribution in [0.2, 0.25) is 0 Å². The first-order valence-corrected chi connectivity index (χ1v) is 6.66. The largest absolute Gasteiger partial charge is 0.329 e. The summed E-state index contributed by atoms with van der Waals surface area (Å²) < 4.78 is 1.03. The van der Waals surface area contributed by atoms with E-state index < -0.39 is 5.69 Å². The first-order chi connectivity index (χ1) is 9.08. The Labute approximate surface area is 111 Å². The molecule has 1 fully saturated rings. The van der Waals surface area contributed by atoms with Crippen molar-refractivity contribution in [2.75, 3.05) is 12.1 Å². The summed E-state index contributed by atoms with van der Waals surface area (Å²) in [6, 6.07) is 1.37. The number of hydrogen-bond donors (Lipinski definition) is 1. The molecule has 1 aromatic rings. The van der Waals surface area contributed by atoms with E-state index in [1.165, 1.54) is 50.2 Å². The van der Waals surface area contributed by atoms with Crippen molar-refractivity contribution in [2.24, 2.45) is 18.1 Å². The van der Waals surface area contributed by atoms with Gasteiger partial charge < -0.3 is 0 Å². The van der Waals surface area contributed by atoms with Crippen LogP contribution in [0.15, 0.2) is 20.8 Å². The van der Waals surface area contributed by atoms with Gasteiger partial charge in [0, 0.05) is 26.4 Å². The Morgan fingerprint density at radius 1 is 1.37 bits per heavy atom. The fourth-order valence-electron chi connectivity index (χ4n) is 2.26. The summed E-state index contributed by atoms with van der Waals surface area (Å²) in [5.74, 6) is 0.926. The lowest BCUT2D eigenvalue weighted by Gasteiger charge is -2.18. The molecule has 2 rings (SSSR count). The highest BCUT2D eigenvalue weighted by Gasteiger charge is 2.11. The van der Waals surface area contributed by atoms with Gasteiger partial charge >= 0.3 is 5.69 Å². The molecule has 0 aromatic carbocycles. The lowest BCUT2D eigenvalue weighted by Crippen LogP contribution is -2.33. The van der Waals surface area contributed by atoms with Gasteiger partial charge in [0.15, 0.2) is 0 Å². The predicted molar refractivity (Wildman–Crippen MR) is 75.8 cm³/mol. The molecule has 1 aromatic heterocycles. The van der Waals surface area contributed by atoms with Crippen molar-refractivity contribution in [1.82, 2.24) is 9.55 Å². The monoisotopic (exact) mass is 264 g/mol. The summed E-state index contributed by atoms with van der Waals surface area (Å²) in [5, 5.41) is 5.86. The smallest absolute Gasteiger partial charge is 0.292 e. The van der Waals surface area contributed by atoms with Gasteiger partial charge in [-0.1, -0.05) is 19.3 Å². The molecule has 0 aliphatic heterocycles. The minimum Gasteiger partial charge on any atom is -0.292 e. The van der Waals surface area contributed by atoms with Crippen molar-refractivity contribution in [3.8, 4) is 0 Å². The van der Waals surface area contributed by atoms with Crippen molar-refractivity contribution >= 4 is 12.0 Å². The van der Waals surface area contributed by atoms with Crippen molar-refractivity contribution in [1.29, 1.82) is 0 Å². The molecule has 6 heteroatoms. The third-order valence-electron chi connectivity index (χ3n) is 3.58. The predicted octanol–water partition coefficient (Wildman–Crippen LogP) is 1.08. The summed E-state index contributed by atoms with van der Waals surface area (Å²) in [6.45, 7) is 0. The topological polar surface area (TPSA) is 70.5 Å². The number of nitrogens with one attached hydrogen (secondary N) is 1. The van der Waals surface area contributed by atoms with E-state index in [4.69, 9.17) is 0 Å². The van der Waals surface area contributed by atoms with Crippen molar-refractivity contribution in [3.05, 3.63) is 26.9 Å². The summed E-state index contributed by atoms with van der Waals surface area (Å²) in [5.41, 5.74) is -0.763. The highest BCUT2D eigenvalue weighted by atomic mass is 16.2. The zero-order valence-electron chi connectivity index (χ0n) is 11.4. The van der Waals surface area contributed by atoms with Crippen molar-refractivity contribution in [3.63, 3.8) is 0 Å². The Kier molecular flexibility index (Phi) is 4.19. The molecule has 1 saturated carbocycles. The maximum atomic E-state index is 11.5. The van der Waals surface area contributed by atoms with E-state index in [1.54, 1.807) is 7.05 Å². The summed E-state index contributed by atoms with van der Waals surface area (Å²) >= 11 is 0. The second kappa shape index (κ2) is 5.86. The molecule has 0 unspecified atom stereocenters. The highest BCUT2D eigenvalue weighted by molar-refractivity contribution is 5.62. The molecular weight excluding hydrogens is 244 g/mol. The van der Waals surface area contributed by atoms with Crippen LogP contribution in [0.25, 0.3) is 0 Å². The Morgan fingerprint density at radius 3 is 2.68 bits per heavy atom. The molecule has 0 saturated heterocycles. The molecule has 0 atom stereocenters. The van der Waals surface area contributed by atoms with Crippen LogP contribution in [-0.4, -0.2) is 22.8 Å². The van der Waals surface area contributed by atoms with Crippen molar-refractivity contribution < 1.29 is 0 Å². The molecule has 0 radical (unpaired) electrons. The summed E-state index contributed by atoms with van der Waals surface area (Å²) in [4.78, 5) is 25.7. The van der Waals surface area contributed by atoms with Crippen LogP contribution in [0, 0.1) is 5.92 Å². The Bertz CT molecular complexity index is 535. The van der Waals surface area contributed by atoms with Crippen LogP contribution in [0.4, 0.5) is 5.82 Å². The van der Waals surface area contributed by atoms with Gasteiger partial charge in [0.1, 0.15) is 5.82 Å². The number of nitrogens with zero attached hydrogens (tertiary/aromatic N) is 3. The van der Waals surface area contributed by atoms with Gasteiger partial charge in [0.05, 0.1) is 0 Å². The molecule has 0 spiro atoms. The molecule has 1 aliphatic carbocycles. The van der Waals surface area contributed by atoms with Gasteiger partial charge in [-0.2, -0.15) is 5.10 Å². The number of aromatic nitrogens is 2. The SMILES string of the molecule is CN(N=CC1CCCCC1)c1cc(=O)n(C)c(=O)[nH]1. The first-order valence-electron chi connectivity index (χ1n) is 6.66. The molecule has 1 aliphatic rings. The zero-order valence-corrected chi connectivity index (χ0v) is 11.4. The molecule has 1 heterocycles. The fourth-order valence-corrected chi connectivity index (χ4v) is 2.26. The number of rotatable bonds is 3. The maximum absolute atomic E-state index is 11.5. The van der Waals surface area contributed by atoms with E-state index in [-0.39, 0.29) is 5.56 Å². The standard InChI is InChI=1S/C13H20N4O2/c1-16-12(18)8-11(15-13(16)19)17(2)14-9-10-6-4-3-5-7-10/h8-10H,3-7H2,1-2H3,(H,15,19). The van der Waals surface area contributed by atoms with E-state index in [1.807, 2.05) is 6.21 Å². The Hall–Kier alpha value is -1.85. The van der Waals surface area contributed by atoms with E-state index in [2.05, 4.69) is 10.1 Å². The van der Waals surface area contributed by atoms with Crippen LogP contribution < -0.4 is 16.3 Å². The lowest BCUT2D eigenvalue weighted by atomic mass is 9.90. The second-order valence-corrected chi connectivity index (χ2v) is 5.04. The second-order valence-electron chi connectivity index (χ2n) is 5.04. The Morgan fingerprint density at radius 2 is 2.05 bits per heavy atom. The van der Waals surface area contributed by atoms with E-state index >= 15 is 0 Å². The number of hydrogen-bond acceptors (Lipinski definition) is 4. The van der Waals surface area contributed by atoms with Gasteiger partial charge in [0.2, 0.25) is 0 Å². The fraction of sp³-hybridized carbons (Fsp3) is 0.615. The average Bonchev–Trinajstić information content (AvgIpc) is 2.42. The number of aromatic amines is 1. The minimum atomic E-state index is -0.429. The summed E-state index contributed by atoms with van der Waals surface area (Å²) in [6.07, 6.45) is 8.08. The van der Waals surface area contributed by atoms with E-state index in [9.17, 15) is 9.59 Å². The van der Waals surface area contributed by atoms with Crippen LogP contribution in [-0.2, 0) is 7.05 Å². The van der Waals surface area contributed by atoms with Gasteiger partial charge in [-0.25, -0.2) is 4.79 Å². The first kappa shape index (κ1) is 13.6. The van der Waals surface area contributed by atoms with Gasteiger partial charge in [-0.3, -0.25) is 19.4 Å². The zero-order chi connectivity index (χ0) is 13.8. The van der Waals surface area contributed by atoms with Crippen LogP contribution in [0.3, 0.4) is 0 Å². The molecule has 1 N–H and O–H groups in total. The highest BCUT2D eigenvalue weighted by Crippen LogP contribution is 2.22. The minimum absolute atomic E-state index is 0.335. The van der Waals surface area contributed by atoms with Gasteiger partial charge in [-0.15, -0.1) is 0 Å². The molecule has 0 amide bonds. The average molecular weight is 264 g/mol. The quantitative estimate of drug-likeness (QED) is 0.656. The van der Waals surface area contributed by atoms with Gasteiger partial charge in [0.25, 0.3) is 5.56 Å². The van der Waals surface area contributed by atoms with Crippen molar-refractivity contribution in [2.45, 2.75) is 32.1 Å². The van der Waals surface area contributed by atoms with E-state index in [0.717, 1.165) is 4.57 Å². The number of H-pyrrole nitrogens is 1. The summed E-state index contributed by atoms with van der Waals surface area (Å²) in [7, 11) is 3.17. The molecule has 19 heavy (non-hydrogen) atoms. The third kappa shape index (κ3) is 3.33. The molecule has 104 valence electrons. The van der Waals surface area contributed by atoms with Crippen LogP contribution >= 0.6 is 0 Å². The Balaban J connectivity index is 2.11. The molecule has 0 bridgehead atoms. The lowest BCUT2D eigenvalue weighted by molar-refractivity contribution is 0.444. The molecule has 6 nitrogen and oxygen atoms in total. The third-order valence-corrected chi connectivity index (χ3v) is 3.58. The number of hydrazone groups is 1. The van der Waals surface area contributed by atoms with Crippen LogP contribution in [0.1, 0.15) is 32.1 Å². The van der Waals surface area contributed by atoms with Gasteiger partial charge in [-0.05, 0) is 18.8 Å². The van der Waals surface area contributed by atoms with Crippen LogP contribution in [0.5, 0.6) is 0 Å². The van der Waals surface area contributed by atoms with E-state index in [0.29, 0.717) is 11.7 Å².